The molecule has 0 aliphatic rings. The van der Waals surface area contributed by atoms with Crippen LogP contribution in [0.25, 0.3) is 0 Å². The summed E-state index contributed by atoms with van der Waals surface area (Å²) in [6.07, 6.45) is 3.22. The zero-order valence-electron chi connectivity index (χ0n) is 10.1. The number of rotatable bonds is 4. The lowest BCUT2D eigenvalue weighted by molar-refractivity contribution is 0.0992. The Kier molecular flexibility index (Phi) is 3.69. The van der Waals surface area contributed by atoms with Crippen molar-refractivity contribution in [3.63, 3.8) is 0 Å². The van der Waals surface area contributed by atoms with Gasteiger partial charge in [-0.2, -0.15) is 11.3 Å². The highest BCUT2D eigenvalue weighted by atomic mass is 32.1. The van der Waals surface area contributed by atoms with Gasteiger partial charge in [-0.25, -0.2) is 0 Å². The van der Waals surface area contributed by atoms with Crippen molar-refractivity contribution < 1.29 is 4.79 Å². The topological polar surface area (TPSA) is 30.0 Å². The first-order valence-corrected chi connectivity index (χ1v) is 6.64. The molecule has 2 aromatic rings. The molecule has 0 unspecified atom stereocenters. The molecular weight excluding hydrogens is 230 g/mol. The summed E-state index contributed by atoms with van der Waals surface area (Å²) >= 11 is 1.57. The van der Waals surface area contributed by atoms with E-state index < -0.39 is 0 Å². The van der Waals surface area contributed by atoms with Crippen molar-refractivity contribution in [1.82, 2.24) is 4.98 Å². The smallest absolute Gasteiger partial charge is 0.169 e. The van der Waals surface area contributed by atoms with E-state index in [2.05, 4.69) is 11.9 Å². The van der Waals surface area contributed by atoms with Gasteiger partial charge in [0.15, 0.2) is 5.78 Å². The number of ketones is 1. The summed E-state index contributed by atoms with van der Waals surface area (Å²) in [5.74, 6) is 0.153. The molecule has 0 bridgehead atoms. The Morgan fingerprint density at radius 1 is 1.35 bits per heavy atom. The number of carbonyl (C=O) groups is 1. The van der Waals surface area contributed by atoms with Crippen LogP contribution in [0.5, 0.6) is 0 Å². The van der Waals surface area contributed by atoms with Gasteiger partial charge >= 0.3 is 0 Å². The van der Waals surface area contributed by atoms with Crippen molar-refractivity contribution in [3.8, 4) is 0 Å². The van der Waals surface area contributed by atoms with Crippen molar-refractivity contribution in [2.24, 2.45) is 0 Å². The van der Waals surface area contributed by atoms with Crippen LogP contribution < -0.4 is 0 Å². The molecule has 0 atom stereocenters. The summed E-state index contributed by atoms with van der Waals surface area (Å²) in [5, 5.41) is 3.92. The molecule has 88 valence electrons. The van der Waals surface area contributed by atoms with Gasteiger partial charge in [-0.05, 0) is 35.9 Å². The molecular formula is C14H15NOS. The van der Waals surface area contributed by atoms with Gasteiger partial charge in [-0.15, -0.1) is 0 Å². The Morgan fingerprint density at radius 2 is 2.18 bits per heavy atom. The lowest BCUT2D eigenvalue weighted by Gasteiger charge is -2.01. The average Bonchev–Trinajstić information content (AvgIpc) is 2.76. The molecule has 2 aromatic heterocycles. The Hall–Kier alpha value is -1.48. The fourth-order valence-corrected chi connectivity index (χ4v) is 2.53. The normalized spacial score (nSPS) is 10.5. The maximum absolute atomic E-state index is 12.0. The Labute approximate surface area is 105 Å². The van der Waals surface area contributed by atoms with E-state index in [1.807, 2.05) is 36.0 Å². The van der Waals surface area contributed by atoms with Crippen molar-refractivity contribution >= 4 is 17.1 Å². The van der Waals surface area contributed by atoms with Crippen LogP contribution in [0, 0.1) is 6.92 Å². The van der Waals surface area contributed by atoms with Gasteiger partial charge in [0.05, 0.1) is 6.42 Å². The van der Waals surface area contributed by atoms with E-state index in [-0.39, 0.29) is 5.78 Å². The molecule has 0 radical (unpaired) electrons. The second kappa shape index (κ2) is 5.23. The van der Waals surface area contributed by atoms with Crippen molar-refractivity contribution in [3.05, 3.63) is 51.5 Å². The molecule has 0 aromatic carbocycles. The molecule has 17 heavy (non-hydrogen) atoms. The number of hydrogen-bond donors (Lipinski definition) is 0. The lowest BCUT2D eigenvalue weighted by Crippen LogP contribution is -2.05. The van der Waals surface area contributed by atoms with Crippen molar-refractivity contribution in [2.75, 3.05) is 0 Å². The maximum Gasteiger partial charge on any atom is 0.169 e. The summed E-state index contributed by atoms with van der Waals surface area (Å²) in [4.78, 5) is 16.3. The van der Waals surface area contributed by atoms with Gasteiger partial charge in [0.25, 0.3) is 0 Å². The van der Waals surface area contributed by atoms with Crippen molar-refractivity contribution in [2.45, 2.75) is 26.7 Å². The molecule has 2 nitrogen and oxygen atoms in total. The van der Waals surface area contributed by atoms with E-state index in [1.165, 1.54) is 5.56 Å². The first-order valence-electron chi connectivity index (χ1n) is 5.70. The molecule has 0 spiro atoms. The number of hydrogen-bond acceptors (Lipinski definition) is 3. The van der Waals surface area contributed by atoms with E-state index >= 15 is 0 Å². The number of carbonyl (C=O) groups excluding carboxylic acids is 1. The Morgan fingerprint density at radius 3 is 2.71 bits per heavy atom. The molecule has 0 amide bonds. The Balaban J connectivity index is 2.10. The molecule has 0 saturated heterocycles. The third kappa shape index (κ3) is 2.80. The molecule has 0 aliphatic heterocycles. The zero-order valence-corrected chi connectivity index (χ0v) is 10.9. The molecule has 0 aliphatic carbocycles. The molecule has 0 N–H and O–H groups in total. The fraction of sp³-hybridized carbons (Fsp3) is 0.286. The van der Waals surface area contributed by atoms with E-state index in [0.29, 0.717) is 6.42 Å². The third-order valence-electron chi connectivity index (χ3n) is 2.79. The van der Waals surface area contributed by atoms with Gasteiger partial charge in [0.1, 0.15) is 0 Å². The number of aryl methyl sites for hydroxylation is 2. The number of thiophene rings is 1. The summed E-state index contributed by atoms with van der Waals surface area (Å²) in [6, 6.07) is 3.98. The van der Waals surface area contributed by atoms with Crippen LogP contribution in [0.2, 0.25) is 0 Å². The molecule has 2 heterocycles. The second-order valence-corrected chi connectivity index (χ2v) is 4.82. The highest BCUT2D eigenvalue weighted by Crippen LogP contribution is 2.16. The first kappa shape index (κ1) is 12.0. The number of aromatic nitrogens is 1. The van der Waals surface area contributed by atoms with Crippen LogP contribution in [-0.2, 0) is 12.8 Å². The highest BCUT2D eigenvalue weighted by Gasteiger charge is 2.11. The molecule has 2 rings (SSSR count). The summed E-state index contributed by atoms with van der Waals surface area (Å²) < 4.78 is 0. The van der Waals surface area contributed by atoms with Gasteiger partial charge < -0.3 is 0 Å². The van der Waals surface area contributed by atoms with E-state index in [9.17, 15) is 4.79 Å². The minimum atomic E-state index is 0.153. The first-order chi connectivity index (χ1) is 8.20. The molecule has 3 heteroatoms. The largest absolute Gasteiger partial charge is 0.294 e. The van der Waals surface area contributed by atoms with E-state index in [0.717, 1.165) is 23.2 Å². The summed E-state index contributed by atoms with van der Waals surface area (Å²) in [7, 11) is 0. The molecule has 0 saturated carbocycles. The van der Waals surface area contributed by atoms with Crippen molar-refractivity contribution in [1.29, 1.82) is 0 Å². The van der Waals surface area contributed by atoms with E-state index in [4.69, 9.17) is 0 Å². The standard InChI is InChI=1S/C14H15NOS/c1-3-11-4-5-12(15-7-11)6-14(16)13-9-17-8-10(13)2/h4-5,7-9H,3,6H2,1-2H3. The average molecular weight is 245 g/mol. The minimum absolute atomic E-state index is 0.153. The van der Waals surface area contributed by atoms with Gasteiger partial charge in [0.2, 0.25) is 0 Å². The number of pyridine rings is 1. The highest BCUT2D eigenvalue weighted by molar-refractivity contribution is 7.08. The van der Waals surface area contributed by atoms with Gasteiger partial charge in [-0.1, -0.05) is 13.0 Å². The monoisotopic (exact) mass is 245 g/mol. The molecule has 0 fully saturated rings. The Bertz CT molecular complexity index is 513. The number of nitrogens with zero attached hydrogens (tertiary/aromatic N) is 1. The van der Waals surface area contributed by atoms with Crippen LogP contribution in [0.1, 0.15) is 34.1 Å². The van der Waals surface area contributed by atoms with Gasteiger partial charge in [0, 0.05) is 22.8 Å². The SMILES string of the molecule is CCc1ccc(CC(=O)c2cscc2C)nc1. The van der Waals surface area contributed by atoms with Gasteiger partial charge in [-0.3, -0.25) is 9.78 Å². The van der Waals surface area contributed by atoms with Crippen LogP contribution in [-0.4, -0.2) is 10.8 Å². The predicted octanol–water partition coefficient (Wildman–Crippen LogP) is 3.44. The van der Waals surface area contributed by atoms with Crippen LogP contribution >= 0.6 is 11.3 Å². The number of Topliss-reactive ketones (excluding diaryl/α,β-unsaturated/α-hetero) is 1. The van der Waals surface area contributed by atoms with Crippen LogP contribution in [0.3, 0.4) is 0 Å². The van der Waals surface area contributed by atoms with Crippen LogP contribution in [0.4, 0.5) is 0 Å². The fourth-order valence-electron chi connectivity index (χ4n) is 1.67. The quantitative estimate of drug-likeness (QED) is 0.772. The summed E-state index contributed by atoms with van der Waals surface area (Å²) in [5.41, 5.74) is 3.94. The third-order valence-corrected chi connectivity index (χ3v) is 3.65. The predicted molar refractivity (Wildman–Crippen MR) is 70.7 cm³/mol. The van der Waals surface area contributed by atoms with E-state index in [1.54, 1.807) is 11.3 Å². The lowest BCUT2D eigenvalue weighted by atomic mass is 10.1. The maximum atomic E-state index is 12.0. The second-order valence-electron chi connectivity index (χ2n) is 4.08. The van der Waals surface area contributed by atoms with Crippen LogP contribution in [0.15, 0.2) is 29.1 Å². The minimum Gasteiger partial charge on any atom is -0.294 e. The summed E-state index contributed by atoms with van der Waals surface area (Å²) in [6.45, 7) is 4.06. The zero-order chi connectivity index (χ0) is 12.3.